The summed E-state index contributed by atoms with van der Waals surface area (Å²) in [7, 11) is 0. The van der Waals surface area contributed by atoms with Crippen LogP contribution in [0.2, 0.25) is 0 Å². The van der Waals surface area contributed by atoms with Gasteiger partial charge in [-0.05, 0) is 13.3 Å². The quantitative estimate of drug-likeness (QED) is 0.255. The molecule has 3 atom stereocenters. The van der Waals surface area contributed by atoms with Gasteiger partial charge in [-0.15, -0.1) is 11.8 Å². The molecule has 0 bridgehead atoms. The van der Waals surface area contributed by atoms with Gasteiger partial charge in [-0.25, -0.2) is 5.84 Å². The van der Waals surface area contributed by atoms with Gasteiger partial charge < -0.3 is 9.80 Å². The van der Waals surface area contributed by atoms with Crippen molar-refractivity contribution >= 4 is 23.6 Å². The number of amides is 2. The molecule has 0 spiro atoms. The van der Waals surface area contributed by atoms with Crippen molar-refractivity contribution in [3.8, 4) is 0 Å². The number of piperazine rings is 1. The lowest BCUT2D eigenvalue weighted by Gasteiger charge is -2.48. The van der Waals surface area contributed by atoms with Crippen molar-refractivity contribution in [2.24, 2.45) is 5.84 Å². The molecule has 6 nitrogen and oxygen atoms in total. The Hall–Kier alpha value is -0.790. The van der Waals surface area contributed by atoms with Crippen LogP contribution in [-0.2, 0) is 9.59 Å². The Morgan fingerprint density at radius 3 is 2.95 bits per heavy atom. The lowest BCUT2D eigenvalue weighted by molar-refractivity contribution is -0.950. The highest BCUT2D eigenvalue weighted by Crippen LogP contribution is 2.35. The number of thioether (sulfide) groups is 1. The molecule has 2 fully saturated rings. The van der Waals surface area contributed by atoms with Crippen LogP contribution in [0.15, 0.2) is 0 Å². The summed E-state index contributed by atoms with van der Waals surface area (Å²) in [6, 6.07) is 0. The number of carbonyl (C=O) groups is 2. The van der Waals surface area contributed by atoms with E-state index in [-0.39, 0.29) is 22.7 Å². The molecule has 4 N–H and O–H groups in total. The van der Waals surface area contributed by atoms with Crippen LogP contribution in [0.3, 0.4) is 0 Å². The minimum Gasteiger partial charge on any atom is -0.319 e. The maximum atomic E-state index is 12.1. The average molecular weight is 329 g/mol. The van der Waals surface area contributed by atoms with E-state index in [1.807, 2.05) is 4.90 Å². The van der Waals surface area contributed by atoms with E-state index in [1.165, 1.54) is 24.2 Å². The first-order valence-electron chi connectivity index (χ1n) is 8.28. The molecule has 2 saturated heterocycles. The van der Waals surface area contributed by atoms with Crippen LogP contribution in [0, 0.1) is 0 Å². The number of rotatable bonds is 7. The summed E-state index contributed by atoms with van der Waals surface area (Å²) in [6.45, 7) is 6.40. The first kappa shape index (κ1) is 17.6. The third kappa shape index (κ3) is 3.58. The molecule has 0 aromatic heterocycles. The molecular formula is C15H29N4O2S+. The molecule has 2 rings (SSSR count). The van der Waals surface area contributed by atoms with Crippen molar-refractivity contribution in [2.45, 2.75) is 56.9 Å². The average Bonchev–Trinajstić information content (AvgIpc) is 2.89. The first-order valence-corrected chi connectivity index (χ1v) is 9.33. The van der Waals surface area contributed by atoms with E-state index in [9.17, 15) is 9.59 Å². The summed E-state index contributed by atoms with van der Waals surface area (Å²) in [4.78, 5) is 27.1. The van der Waals surface area contributed by atoms with E-state index in [0.717, 1.165) is 25.9 Å². The zero-order chi connectivity index (χ0) is 16.2. The Morgan fingerprint density at radius 2 is 2.27 bits per heavy atom. The molecular weight excluding hydrogens is 300 g/mol. The number of hydrazine groups is 1. The summed E-state index contributed by atoms with van der Waals surface area (Å²) in [5.41, 5.74) is 2.17. The Morgan fingerprint density at radius 1 is 1.50 bits per heavy atom. The molecule has 1 unspecified atom stereocenters. The summed E-state index contributed by atoms with van der Waals surface area (Å²) in [5.74, 6) is 5.96. The van der Waals surface area contributed by atoms with Crippen LogP contribution < -0.4 is 16.2 Å². The normalized spacial score (nSPS) is 31.2. The second-order valence-electron chi connectivity index (χ2n) is 6.58. The fourth-order valence-electron chi connectivity index (χ4n) is 3.69. The van der Waals surface area contributed by atoms with Gasteiger partial charge in [0.05, 0.1) is 18.8 Å². The first-order chi connectivity index (χ1) is 10.5. The summed E-state index contributed by atoms with van der Waals surface area (Å²) < 4.78 is 0. The van der Waals surface area contributed by atoms with Crippen LogP contribution in [-0.4, -0.2) is 53.0 Å². The number of quaternary nitrogens is 1. The highest BCUT2D eigenvalue weighted by atomic mass is 32.2. The SMILES string of the molecule is CCCCCC[C@@]1(C)[C@H]2SCC(=O)N2CC[NH+]1CC(=O)NN. The van der Waals surface area contributed by atoms with Crippen LogP contribution >= 0.6 is 11.8 Å². The Balaban J connectivity index is 2.10. The largest absolute Gasteiger partial charge is 0.319 e. The van der Waals surface area contributed by atoms with Gasteiger partial charge in [0, 0.05) is 6.42 Å². The second-order valence-corrected chi connectivity index (χ2v) is 7.64. The van der Waals surface area contributed by atoms with Crippen molar-refractivity contribution in [3.05, 3.63) is 0 Å². The number of carbonyl (C=O) groups excluding carboxylic acids is 2. The van der Waals surface area contributed by atoms with Crippen LogP contribution in [0.4, 0.5) is 0 Å². The zero-order valence-corrected chi connectivity index (χ0v) is 14.5. The van der Waals surface area contributed by atoms with Crippen molar-refractivity contribution in [3.63, 3.8) is 0 Å². The van der Waals surface area contributed by atoms with Crippen LogP contribution in [0.1, 0.15) is 46.0 Å². The molecule has 2 amide bonds. The smallest absolute Gasteiger partial charge is 0.289 e. The predicted molar refractivity (Wildman–Crippen MR) is 88.1 cm³/mol. The van der Waals surface area contributed by atoms with E-state index >= 15 is 0 Å². The Bertz CT molecular complexity index is 420. The predicted octanol–water partition coefficient (Wildman–Crippen LogP) is -0.495. The third-order valence-corrected chi connectivity index (χ3v) is 6.56. The van der Waals surface area contributed by atoms with Gasteiger partial charge in [-0.3, -0.25) is 15.0 Å². The van der Waals surface area contributed by atoms with E-state index in [2.05, 4.69) is 19.3 Å². The van der Waals surface area contributed by atoms with Gasteiger partial charge in [-0.2, -0.15) is 0 Å². The van der Waals surface area contributed by atoms with E-state index < -0.39 is 0 Å². The molecule has 126 valence electrons. The van der Waals surface area contributed by atoms with E-state index in [1.54, 1.807) is 11.8 Å². The van der Waals surface area contributed by atoms with Gasteiger partial charge >= 0.3 is 0 Å². The number of fused-ring (bicyclic) bond motifs is 1. The number of unbranched alkanes of at least 4 members (excludes halogenated alkanes) is 3. The molecule has 22 heavy (non-hydrogen) atoms. The summed E-state index contributed by atoms with van der Waals surface area (Å²) in [5, 5.41) is 0.191. The topological polar surface area (TPSA) is 79.9 Å². The van der Waals surface area contributed by atoms with Crippen LogP contribution in [0.5, 0.6) is 0 Å². The number of nitrogens with two attached hydrogens (primary N) is 1. The number of hydrogen-bond acceptors (Lipinski definition) is 4. The van der Waals surface area contributed by atoms with Gasteiger partial charge in [0.1, 0.15) is 10.9 Å². The van der Waals surface area contributed by atoms with Crippen molar-refractivity contribution < 1.29 is 14.5 Å². The van der Waals surface area contributed by atoms with Crippen LogP contribution in [0.25, 0.3) is 0 Å². The van der Waals surface area contributed by atoms with Crippen molar-refractivity contribution in [2.75, 3.05) is 25.4 Å². The fraction of sp³-hybridized carbons (Fsp3) is 0.867. The molecule has 0 saturated carbocycles. The molecule has 2 aliphatic rings. The molecule has 2 aliphatic heterocycles. The Kier molecular flexibility index (Phi) is 6.11. The van der Waals surface area contributed by atoms with Gasteiger partial charge in [0.25, 0.3) is 5.91 Å². The maximum Gasteiger partial charge on any atom is 0.289 e. The summed E-state index contributed by atoms with van der Waals surface area (Å²) in [6.07, 6.45) is 5.87. The minimum absolute atomic E-state index is 0.0741. The molecule has 0 aromatic carbocycles. The monoisotopic (exact) mass is 329 g/mol. The van der Waals surface area contributed by atoms with Gasteiger partial charge in [-0.1, -0.05) is 26.2 Å². The highest BCUT2D eigenvalue weighted by molar-refractivity contribution is 8.01. The lowest BCUT2D eigenvalue weighted by Crippen LogP contribution is -3.24. The highest BCUT2D eigenvalue weighted by Gasteiger charge is 2.54. The van der Waals surface area contributed by atoms with Gasteiger partial charge in [0.15, 0.2) is 6.54 Å². The summed E-state index contributed by atoms with van der Waals surface area (Å²) >= 11 is 1.74. The second kappa shape index (κ2) is 7.66. The molecule has 2 heterocycles. The molecule has 0 aromatic rings. The van der Waals surface area contributed by atoms with E-state index in [4.69, 9.17) is 5.84 Å². The number of hydrogen-bond donors (Lipinski definition) is 3. The van der Waals surface area contributed by atoms with Gasteiger partial charge in [0.2, 0.25) is 5.91 Å². The van der Waals surface area contributed by atoms with E-state index in [0.29, 0.717) is 12.3 Å². The maximum absolute atomic E-state index is 12.1. The standard InChI is InChI=1S/C15H28N4O2S/c1-3-4-5-6-7-15(2)14-19(13(21)11-22-14)9-8-18(15)10-12(20)17-16/h14H,3-11,16H2,1-2H3,(H,17,20)/p+1/t14-,15+/m1/s1. The minimum atomic E-state index is -0.127. The lowest BCUT2D eigenvalue weighted by atomic mass is 9.88. The van der Waals surface area contributed by atoms with Crippen molar-refractivity contribution in [1.82, 2.24) is 10.3 Å². The molecule has 0 aliphatic carbocycles. The fourth-order valence-corrected chi connectivity index (χ4v) is 5.22. The molecule has 0 radical (unpaired) electrons. The molecule has 7 heteroatoms. The third-order valence-electron chi connectivity index (χ3n) is 5.06. The number of nitrogens with zero attached hydrogens (tertiary/aromatic N) is 1. The number of nitrogens with one attached hydrogen (secondary N) is 2. The Labute approximate surface area is 137 Å². The van der Waals surface area contributed by atoms with Crippen molar-refractivity contribution in [1.29, 1.82) is 0 Å². The zero-order valence-electron chi connectivity index (χ0n) is 13.7.